The van der Waals surface area contributed by atoms with Gasteiger partial charge in [0.15, 0.2) is 0 Å². The van der Waals surface area contributed by atoms with Crippen molar-refractivity contribution in [2.24, 2.45) is 0 Å². The lowest BCUT2D eigenvalue weighted by Crippen LogP contribution is -2.25. The molecule has 1 aliphatic heterocycles. The fourth-order valence-corrected chi connectivity index (χ4v) is 3.94. The van der Waals surface area contributed by atoms with Crippen molar-refractivity contribution in [2.45, 2.75) is 37.3 Å². The number of rotatable bonds is 2. The molecule has 21 heavy (non-hydrogen) atoms. The number of fused-ring (bicyclic) bond motifs is 1. The van der Waals surface area contributed by atoms with Gasteiger partial charge < -0.3 is 5.32 Å². The highest BCUT2D eigenvalue weighted by Crippen LogP contribution is 2.38. The second kappa shape index (κ2) is 5.57. The first-order valence-corrected chi connectivity index (χ1v) is 8.05. The second-order valence-corrected chi connectivity index (χ2v) is 6.97. The zero-order chi connectivity index (χ0) is 15.0. The summed E-state index contributed by atoms with van der Waals surface area (Å²) in [6.45, 7) is 6.18. The lowest BCUT2D eigenvalue weighted by Gasteiger charge is -2.12. The van der Waals surface area contributed by atoms with Gasteiger partial charge in [-0.3, -0.25) is 4.79 Å². The normalized spacial score (nSPS) is 16.6. The van der Waals surface area contributed by atoms with Crippen LogP contribution >= 0.6 is 11.8 Å². The number of thioether (sulfide) groups is 1. The Kier molecular flexibility index (Phi) is 3.77. The molecule has 0 radical (unpaired) electrons. The second-order valence-electron chi connectivity index (χ2n) is 5.73. The molecule has 2 aromatic rings. The van der Waals surface area contributed by atoms with Crippen molar-refractivity contribution in [3.8, 4) is 0 Å². The molecule has 108 valence electrons. The largest absolute Gasteiger partial charge is 0.325 e. The highest BCUT2D eigenvalue weighted by atomic mass is 32.2. The molecule has 1 N–H and O–H groups in total. The first kappa shape index (κ1) is 14.2. The van der Waals surface area contributed by atoms with Crippen molar-refractivity contribution in [2.75, 3.05) is 5.32 Å². The Labute approximate surface area is 130 Å². The molecule has 0 spiro atoms. The topological polar surface area (TPSA) is 29.1 Å². The van der Waals surface area contributed by atoms with E-state index in [9.17, 15) is 4.79 Å². The minimum Gasteiger partial charge on any atom is -0.325 e. The van der Waals surface area contributed by atoms with Gasteiger partial charge in [0.1, 0.15) is 0 Å². The van der Waals surface area contributed by atoms with Gasteiger partial charge in [-0.15, -0.1) is 11.8 Å². The molecule has 2 nitrogen and oxygen atoms in total. The zero-order valence-electron chi connectivity index (χ0n) is 12.6. The Hall–Kier alpha value is -1.74. The van der Waals surface area contributed by atoms with Gasteiger partial charge in [-0.2, -0.15) is 0 Å². The molecule has 0 bridgehead atoms. The summed E-state index contributed by atoms with van der Waals surface area (Å²) in [5.74, 6) is 0.0980. The van der Waals surface area contributed by atoms with E-state index in [0.717, 1.165) is 17.7 Å². The quantitative estimate of drug-likeness (QED) is 0.897. The molecule has 1 amide bonds. The molecule has 1 atom stereocenters. The van der Waals surface area contributed by atoms with Gasteiger partial charge in [0, 0.05) is 10.6 Å². The summed E-state index contributed by atoms with van der Waals surface area (Å²) in [5, 5.41) is 3.04. The van der Waals surface area contributed by atoms with E-state index >= 15 is 0 Å². The molecule has 0 fully saturated rings. The van der Waals surface area contributed by atoms with E-state index in [1.165, 1.54) is 21.6 Å². The van der Waals surface area contributed by atoms with Gasteiger partial charge in [0.05, 0.1) is 5.25 Å². The third-order valence-electron chi connectivity index (χ3n) is 3.83. The monoisotopic (exact) mass is 297 g/mol. The van der Waals surface area contributed by atoms with E-state index in [-0.39, 0.29) is 11.2 Å². The Bertz CT molecular complexity index is 708. The number of carbonyl (C=O) groups is 1. The SMILES string of the molecule is Cc1ccc(NC(=O)[C@H]2Cc3ccc(C)cc3S2)c(C)c1. The van der Waals surface area contributed by atoms with E-state index in [4.69, 9.17) is 0 Å². The fraction of sp³-hybridized carbons (Fsp3) is 0.278. The van der Waals surface area contributed by atoms with Crippen LogP contribution in [-0.2, 0) is 11.2 Å². The molecule has 1 heterocycles. The summed E-state index contributed by atoms with van der Waals surface area (Å²) in [4.78, 5) is 13.7. The molecular formula is C18H19NOS. The van der Waals surface area contributed by atoms with Crippen LogP contribution in [0.25, 0.3) is 0 Å². The van der Waals surface area contributed by atoms with Gasteiger partial charge in [0.25, 0.3) is 0 Å². The average Bonchev–Trinajstić information content (AvgIpc) is 2.85. The van der Waals surface area contributed by atoms with Crippen LogP contribution in [0.3, 0.4) is 0 Å². The van der Waals surface area contributed by atoms with E-state index < -0.39 is 0 Å². The van der Waals surface area contributed by atoms with Crippen molar-refractivity contribution in [3.63, 3.8) is 0 Å². The van der Waals surface area contributed by atoms with Crippen molar-refractivity contribution in [1.82, 2.24) is 0 Å². The smallest absolute Gasteiger partial charge is 0.238 e. The van der Waals surface area contributed by atoms with Crippen molar-refractivity contribution in [1.29, 1.82) is 0 Å². The molecule has 3 heteroatoms. The molecule has 3 rings (SSSR count). The van der Waals surface area contributed by atoms with Gasteiger partial charge >= 0.3 is 0 Å². The van der Waals surface area contributed by atoms with Gasteiger partial charge in [0.2, 0.25) is 5.91 Å². The molecule has 1 aliphatic rings. The minimum absolute atomic E-state index is 0.0255. The van der Waals surface area contributed by atoms with Crippen LogP contribution in [0, 0.1) is 20.8 Å². The molecule has 0 aliphatic carbocycles. The van der Waals surface area contributed by atoms with Crippen molar-refractivity contribution >= 4 is 23.4 Å². The summed E-state index contributed by atoms with van der Waals surface area (Å²) in [5.41, 5.74) is 5.77. The van der Waals surface area contributed by atoms with Gasteiger partial charge in [-0.05, 0) is 50.5 Å². The summed E-state index contributed by atoms with van der Waals surface area (Å²) in [7, 11) is 0. The highest BCUT2D eigenvalue weighted by molar-refractivity contribution is 8.01. The van der Waals surface area contributed by atoms with Crippen LogP contribution in [0.1, 0.15) is 22.3 Å². The minimum atomic E-state index is -0.0255. The Morgan fingerprint density at radius 3 is 2.57 bits per heavy atom. The Morgan fingerprint density at radius 1 is 1.10 bits per heavy atom. The number of anilines is 1. The fourth-order valence-electron chi connectivity index (χ4n) is 2.65. The van der Waals surface area contributed by atoms with Crippen LogP contribution in [0.5, 0.6) is 0 Å². The highest BCUT2D eigenvalue weighted by Gasteiger charge is 2.28. The number of aryl methyl sites for hydroxylation is 3. The lowest BCUT2D eigenvalue weighted by molar-refractivity contribution is -0.115. The lowest BCUT2D eigenvalue weighted by atomic mass is 10.1. The summed E-state index contributed by atoms with van der Waals surface area (Å²) >= 11 is 1.67. The van der Waals surface area contributed by atoms with Crippen LogP contribution < -0.4 is 5.32 Å². The predicted molar refractivity (Wildman–Crippen MR) is 89.1 cm³/mol. The third-order valence-corrected chi connectivity index (χ3v) is 5.13. The van der Waals surface area contributed by atoms with Crippen LogP contribution in [0.4, 0.5) is 5.69 Å². The summed E-state index contributed by atoms with van der Waals surface area (Å²) < 4.78 is 0. The maximum absolute atomic E-state index is 12.5. The molecule has 0 saturated heterocycles. The summed E-state index contributed by atoms with van der Waals surface area (Å²) in [6, 6.07) is 12.5. The number of benzene rings is 2. The number of hydrogen-bond donors (Lipinski definition) is 1. The average molecular weight is 297 g/mol. The number of hydrogen-bond acceptors (Lipinski definition) is 2. The van der Waals surface area contributed by atoms with E-state index in [0.29, 0.717) is 0 Å². The van der Waals surface area contributed by atoms with Crippen LogP contribution in [-0.4, -0.2) is 11.2 Å². The van der Waals surface area contributed by atoms with Gasteiger partial charge in [-0.25, -0.2) is 0 Å². The maximum Gasteiger partial charge on any atom is 0.238 e. The third kappa shape index (κ3) is 2.98. The van der Waals surface area contributed by atoms with Gasteiger partial charge in [-0.1, -0.05) is 35.4 Å². The Balaban J connectivity index is 1.73. The standard InChI is InChI=1S/C18H19NOS/c1-11-5-7-15(13(3)8-11)19-18(20)17-10-14-6-4-12(2)9-16(14)21-17/h4-9,17H,10H2,1-3H3,(H,19,20)/t17-/m1/s1. The number of amides is 1. The van der Waals surface area contributed by atoms with Crippen molar-refractivity contribution < 1.29 is 4.79 Å². The Morgan fingerprint density at radius 2 is 1.81 bits per heavy atom. The van der Waals surface area contributed by atoms with E-state index in [2.05, 4.69) is 43.4 Å². The van der Waals surface area contributed by atoms with Crippen LogP contribution in [0.2, 0.25) is 0 Å². The van der Waals surface area contributed by atoms with Crippen LogP contribution in [0.15, 0.2) is 41.3 Å². The van der Waals surface area contributed by atoms with E-state index in [1.807, 2.05) is 19.1 Å². The zero-order valence-corrected chi connectivity index (χ0v) is 13.4. The number of nitrogens with one attached hydrogen (secondary N) is 1. The maximum atomic E-state index is 12.5. The first-order valence-electron chi connectivity index (χ1n) is 7.17. The first-order chi connectivity index (χ1) is 10.0. The predicted octanol–water partition coefficient (Wildman–Crippen LogP) is 4.27. The molecule has 0 unspecified atom stereocenters. The number of carbonyl (C=O) groups excluding carboxylic acids is 1. The van der Waals surface area contributed by atoms with E-state index in [1.54, 1.807) is 11.8 Å². The summed E-state index contributed by atoms with van der Waals surface area (Å²) in [6.07, 6.45) is 0.816. The van der Waals surface area contributed by atoms with Crippen molar-refractivity contribution in [3.05, 3.63) is 58.7 Å². The molecule has 0 saturated carbocycles. The molecular weight excluding hydrogens is 278 g/mol. The molecule has 0 aromatic heterocycles. The molecule has 2 aromatic carbocycles.